The molecule has 1 saturated heterocycles. The Labute approximate surface area is 163 Å². The predicted octanol–water partition coefficient (Wildman–Crippen LogP) is 2.11. The number of nitrogens with one attached hydrogen (secondary N) is 1. The Balaban J connectivity index is 1.52. The monoisotopic (exact) mass is 390 g/mol. The lowest BCUT2D eigenvalue weighted by atomic mass is 10.0. The van der Waals surface area contributed by atoms with Crippen LogP contribution in [-0.4, -0.2) is 59.5 Å². The van der Waals surface area contributed by atoms with Crippen LogP contribution in [0.1, 0.15) is 28.9 Å². The van der Waals surface area contributed by atoms with E-state index in [-0.39, 0.29) is 11.9 Å². The van der Waals surface area contributed by atoms with Gasteiger partial charge in [-0.1, -0.05) is 35.0 Å². The number of aryl methyl sites for hydroxylation is 2. The minimum atomic E-state index is 0.0191. The lowest BCUT2D eigenvalue weighted by Crippen LogP contribution is -2.44. The van der Waals surface area contributed by atoms with Crippen LogP contribution in [0.5, 0.6) is 0 Å². The number of morpholine rings is 1. The average Bonchev–Trinajstić information content (AvgIpc) is 3.09. The van der Waals surface area contributed by atoms with Crippen molar-refractivity contribution in [1.82, 2.24) is 20.4 Å². The van der Waals surface area contributed by atoms with Crippen molar-refractivity contribution in [2.45, 2.75) is 25.6 Å². The molecule has 1 aromatic carbocycles. The maximum absolute atomic E-state index is 12.3. The van der Waals surface area contributed by atoms with E-state index in [0.717, 1.165) is 26.3 Å². The quantitative estimate of drug-likeness (QED) is 0.739. The number of carbonyl (C=O) groups is 1. The molecule has 1 aliphatic rings. The summed E-state index contributed by atoms with van der Waals surface area (Å²) in [6.07, 6.45) is 0. The lowest BCUT2D eigenvalue weighted by molar-refractivity contribution is -0.118. The third kappa shape index (κ3) is 6.05. The van der Waals surface area contributed by atoms with Gasteiger partial charge in [0.2, 0.25) is 11.8 Å². The molecule has 0 radical (unpaired) electrons. The predicted molar refractivity (Wildman–Crippen MR) is 105 cm³/mol. The number of amides is 1. The summed E-state index contributed by atoms with van der Waals surface area (Å²) >= 11 is 1.48. The molecule has 27 heavy (non-hydrogen) atoms. The van der Waals surface area contributed by atoms with E-state index >= 15 is 0 Å². The van der Waals surface area contributed by atoms with Gasteiger partial charge in [0.25, 0.3) is 0 Å². The SMILES string of the molecule is Cc1ccc(C(CNC(=O)CSCc2noc(C)n2)N2CCOCC2)cc1. The number of thioether (sulfide) groups is 1. The molecule has 0 spiro atoms. The second-order valence-electron chi connectivity index (χ2n) is 6.60. The fourth-order valence-electron chi connectivity index (χ4n) is 3.03. The third-order valence-electron chi connectivity index (χ3n) is 4.48. The molecule has 146 valence electrons. The van der Waals surface area contributed by atoms with Crippen molar-refractivity contribution < 1.29 is 14.1 Å². The molecule has 0 saturated carbocycles. The van der Waals surface area contributed by atoms with E-state index < -0.39 is 0 Å². The summed E-state index contributed by atoms with van der Waals surface area (Å²) < 4.78 is 10.4. The molecule has 2 heterocycles. The van der Waals surface area contributed by atoms with E-state index in [1.807, 2.05) is 0 Å². The van der Waals surface area contributed by atoms with Gasteiger partial charge in [-0.2, -0.15) is 4.98 Å². The van der Waals surface area contributed by atoms with E-state index in [9.17, 15) is 4.79 Å². The highest BCUT2D eigenvalue weighted by molar-refractivity contribution is 7.99. The molecule has 1 amide bonds. The van der Waals surface area contributed by atoms with Gasteiger partial charge in [-0.25, -0.2) is 0 Å². The second kappa shape index (κ2) is 9.87. The molecule has 7 nitrogen and oxygen atoms in total. The van der Waals surface area contributed by atoms with Crippen molar-refractivity contribution in [3.05, 3.63) is 47.1 Å². The Morgan fingerprint density at radius 2 is 2.00 bits per heavy atom. The molecule has 0 aliphatic carbocycles. The summed E-state index contributed by atoms with van der Waals surface area (Å²) in [4.78, 5) is 18.8. The van der Waals surface area contributed by atoms with Crippen LogP contribution in [0.25, 0.3) is 0 Å². The zero-order valence-electron chi connectivity index (χ0n) is 15.8. The molecular formula is C19H26N4O3S. The van der Waals surface area contributed by atoms with Crippen molar-refractivity contribution >= 4 is 17.7 Å². The topological polar surface area (TPSA) is 80.5 Å². The second-order valence-corrected chi connectivity index (χ2v) is 7.59. The summed E-state index contributed by atoms with van der Waals surface area (Å²) in [5.74, 6) is 2.12. The highest BCUT2D eigenvalue weighted by atomic mass is 32.2. The van der Waals surface area contributed by atoms with Gasteiger partial charge >= 0.3 is 0 Å². The van der Waals surface area contributed by atoms with Crippen LogP contribution in [0, 0.1) is 13.8 Å². The fourth-order valence-corrected chi connectivity index (χ4v) is 3.72. The van der Waals surface area contributed by atoms with Gasteiger partial charge in [0.1, 0.15) is 0 Å². The Morgan fingerprint density at radius 3 is 2.67 bits per heavy atom. The number of aromatic nitrogens is 2. The first-order chi connectivity index (χ1) is 13.1. The fraction of sp³-hybridized carbons (Fsp3) is 0.526. The van der Waals surface area contributed by atoms with E-state index in [1.165, 1.54) is 22.9 Å². The van der Waals surface area contributed by atoms with Gasteiger partial charge in [0.15, 0.2) is 5.82 Å². The minimum absolute atomic E-state index is 0.0191. The van der Waals surface area contributed by atoms with Crippen molar-refractivity contribution in [2.24, 2.45) is 0 Å². The first-order valence-electron chi connectivity index (χ1n) is 9.14. The number of ether oxygens (including phenoxy) is 1. The summed E-state index contributed by atoms with van der Waals surface area (Å²) in [5.41, 5.74) is 2.45. The summed E-state index contributed by atoms with van der Waals surface area (Å²) in [6, 6.07) is 8.69. The maximum atomic E-state index is 12.3. The van der Waals surface area contributed by atoms with Crippen LogP contribution >= 0.6 is 11.8 Å². The van der Waals surface area contributed by atoms with Gasteiger partial charge in [-0.3, -0.25) is 9.69 Å². The number of rotatable bonds is 8. The highest BCUT2D eigenvalue weighted by Crippen LogP contribution is 2.22. The molecule has 2 aromatic rings. The molecule has 3 rings (SSSR count). The van der Waals surface area contributed by atoms with Gasteiger partial charge in [0.05, 0.1) is 30.8 Å². The third-order valence-corrected chi connectivity index (χ3v) is 5.40. The van der Waals surface area contributed by atoms with Crippen molar-refractivity contribution in [3.63, 3.8) is 0 Å². The Hall–Kier alpha value is -1.90. The zero-order valence-corrected chi connectivity index (χ0v) is 16.6. The van der Waals surface area contributed by atoms with Gasteiger partial charge in [0, 0.05) is 26.6 Å². The Morgan fingerprint density at radius 1 is 1.26 bits per heavy atom. The molecule has 1 atom stereocenters. The standard InChI is InChI=1S/C19H26N4O3S/c1-14-3-5-16(6-4-14)17(23-7-9-25-10-8-23)11-20-19(24)13-27-12-18-21-15(2)26-22-18/h3-6,17H,7-13H2,1-2H3,(H,20,24). The average molecular weight is 391 g/mol. The van der Waals surface area contributed by atoms with E-state index in [0.29, 0.717) is 29.8 Å². The molecular weight excluding hydrogens is 364 g/mol. The number of carbonyl (C=O) groups excluding carboxylic acids is 1. The van der Waals surface area contributed by atoms with Crippen LogP contribution in [0.3, 0.4) is 0 Å². The van der Waals surface area contributed by atoms with Gasteiger partial charge in [-0.15, -0.1) is 11.8 Å². The number of benzene rings is 1. The maximum Gasteiger partial charge on any atom is 0.230 e. The molecule has 1 aromatic heterocycles. The normalized spacial score (nSPS) is 16.2. The number of hydrogen-bond acceptors (Lipinski definition) is 7. The largest absolute Gasteiger partial charge is 0.379 e. The summed E-state index contributed by atoms with van der Waals surface area (Å²) in [5, 5.41) is 6.92. The van der Waals surface area contributed by atoms with E-state index in [1.54, 1.807) is 6.92 Å². The van der Waals surface area contributed by atoms with Crippen LogP contribution in [0.4, 0.5) is 0 Å². The Kier molecular flexibility index (Phi) is 7.25. The smallest absolute Gasteiger partial charge is 0.230 e. The van der Waals surface area contributed by atoms with Crippen LogP contribution in [-0.2, 0) is 15.3 Å². The minimum Gasteiger partial charge on any atom is -0.379 e. The zero-order chi connectivity index (χ0) is 19.1. The molecule has 1 fully saturated rings. The van der Waals surface area contributed by atoms with Crippen molar-refractivity contribution in [3.8, 4) is 0 Å². The first kappa shape index (κ1) is 19.9. The van der Waals surface area contributed by atoms with Crippen LogP contribution in [0.15, 0.2) is 28.8 Å². The van der Waals surface area contributed by atoms with Crippen molar-refractivity contribution in [1.29, 1.82) is 0 Å². The molecule has 1 N–H and O–H groups in total. The highest BCUT2D eigenvalue weighted by Gasteiger charge is 2.23. The molecule has 1 unspecified atom stereocenters. The molecule has 1 aliphatic heterocycles. The Bertz CT molecular complexity index is 729. The molecule has 0 bridgehead atoms. The number of nitrogens with zero attached hydrogens (tertiary/aromatic N) is 3. The summed E-state index contributed by atoms with van der Waals surface area (Å²) in [6.45, 7) is 7.64. The van der Waals surface area contributed by atoms with Gasteiger partial charge < -0.3 is 14.6 Å². The van der Waals surface area contributed by atoms with E-state index in [2.05, 4.69) is 51.5 Å². The first-order valence-corrected chi connectivity index (χ1v) is 10.3. The van der Waals surface area contributed by atoms with E-state index in [4.69, 9.17) is 9.26 Å². The number of hydrogen-bond donors (Lipinski definition) is 1. The molecule has 8 heteroatoms. The van der Waals surface area contributed by atoms with Crippen LogP contribution in [0.2, 0.25) is 0 Å². The van der Waals surface area contributed by atoms with Crippen LogP contribution < -0.4 is 5.32 Å². The summed E-state index contributed by atoms with van der Waals surface area (Å²) in [7, 11) is 0. The van der Waals surface area contributed by atoms with Crippen molar-refractivity contribution in [2.75, 3.05) is 38.6 Å². The lowest BCUT2D eigenvalue weighted by Gasteiger charge is -2.35. The van der Waals surface area contributed by atoms with Gasteiger partial charge in [-0.05, 0) is 12.5 Å².